The molecule has 6 nitrogen and oxygen atoms in total. The maximum Gasteiger partial charge on any atom is 0.259 e. The summed E-state index contributed by atoms with van der Waals surface area (Å²) in [6.07, 6.45) is 0. The maximum atomic E-state index is 12.5. The van der Waals surface area contributed by atoms with Crippen LogP contribution >= 0.6 is 0 Å². The Morgan fingerprint density at radius 3 is 2.50 bits per heavy atom. The third-order valence-corrected chi connectivity index (χ3v) is 3.89. The normalized spacial score (nSPS) is 10.4. The monoisotopic (exact) mass is 353 g/mol. The Bertz CT molecular complexity index is 916. The van der Waals surface area contributed by atoms with Crippen molar-refractivity contribution in [1.82, 2.24) is 0 Å². The first-order valence-corrected chi connectivity index (χ1v) is 7.98. The van der Waals surface area contributed by atoms with Crippen molar-refractivity contribution in [2.45, 2.75) is 6.61 Å². The molecule has 0 aliphatic heterocycles. The van der Waals surface area contributed by atoms with Crippen molar-refractivity contribution in [3.05, 3.63) is 65.9 Å². The lowest BCUT2D eigenvalue weighted by atomic mass is 10.1. The number of anilines is 1. The van der Waals surface area contributed by atoms with Crippen LogP contribution in [0.4, 0.5) is 5.69 Å². The standard InChI is InChI=1S/C20H19NO5/c1-24-17-6-4-3-5-16(17)20(23)21-13-7-9-15(19(11-13)25-2)18-10-8-14(12-22)26-18/h3-11,22H,12H2,1-2H3,(H,21,23). The lowest BCUT2D eigenvalue weighted by Crippen LogP contribution is -2.13. The van der Waals surface area contributed by atoms with Crippen LogP contribution in [0, 0.1) is 0 Å². The number of para-hydroxylation sites is 1. The third-order valence-electron chi connectivity index (χ3n) is 3.89. The van der Waals surface area contributed by atoms with E-state index >= 15 is 0 Å². The summed E-state index contributed by atoms with van der Waals surface area (Å²) in [5, 5.41) is 12.0. The van der Waals surface area contributed by atoms with E-state index in [2.05, 4.69) is 5.32 Å². The Morgan fingerprint density at radius 2 is 1.81 bits per heavy atom. The van der Waals surface area contributed by atoms with Crippen LogP contribution in [0.1, 0.15) is 16.1 Å². The highest BCUT2D eigenvalue weighted by Gasteiger charge is 2.15. The number of benzene rings is 2. The molecule has 0 saturated heterocycles. The minimum Gasteiger partial charge on any atom is -0.496 e. The van der Waals surface area contributed by atoms with E-state index in [9.17, 15) is 4.79 Å². The SMILES string of the molecule is COc1ccccc1C(=O)Nc1ccc(-c2ccc(CO)o2)c(OC)c1. The predicted molar refractivity (Wildman–Crippen MR) is 97.6 cm³/mol. The van der Waals surface area contributed by atoms with Crippen molar-refractivity contribution in [3.8, 4) is 22.8 Å². The average Bonchev–Trinajstić information content (AvgIpc) is 3.16. The highest BCUT2D eigenvalue weighted by molar-refractivity contribution is 6.06. The van der Waals surface area contributed by atoms with Gasteiger partial charge in [0.2, 0.25) is 0 Å². The second-order valence-corrected chi connectivity index (χ2v) is 5.49. The maximum absolute atomic E-state index is 12.5. The van der Waals surface area contributed by atoms with Gasteiger partial charge < -0.3 is 24.3 Å². The van der Waals surface area contributed by atoms with E-state index in [1.54, 1.807) is 61.7 Å². The van der Waals surface area contributed by atoms with Gasteiger partial charge in [0.05, 0.1) is 25.3 Å². The molecule has 134 valence electrons. The topological polar surface area (TPSA) is 80.9 Å². The number of ether oxygens (including phenoxy) is 2. The van der Waals surface area contributed by atoms with Gasteiger partial charge in [0.15, 0.2) is 0 Å². The summed E-state index contributed by atoms with van der Waals surface area (Å²) in [5.74, 6) is 1.81. The highest BCUT2D eigenvalue weighted by atomic mass is 16.5. The van der Waals surface area contributed by atoms with Gasteiger partial charge in [-0.05, 0) is 36.4 Å². The first kappa shape index (κ1) is 17.6. The molecule has 1 heterocycles. The van der Waals surface area contributed by atoms with Gasteiger partial charge in [0, 0.05) is 11.8 Å². The number of aliphatic hydroxyl groups is 1. The van der Waals surface area contributed by atoms with Crippen LogP contribution in [0.2, 0.25) is 0 Å². The smallest absolute Gasteiger partial charge is 0.259 e. The summed E-state index contributed by atoms with van der Waals surface area (Å²) in [5.41, 5.74) is 1.75. The summed E-state index contributed by atoms with van der Waals surface area (Å²) in [6.45, 7) is -0.171. The lowest BCUT2D eigenvalue weighted by molar-refractivity contribution is 0.102. The van der Waals surface area contributed by atoms with Gasteiger partial charge in [0.25, 0.3) is 5.91 Å². The van der Waals surface area contributed by atoms with Gasteiger partial charge in [-0.3, -0.25) is 4.79 Å². The van der Waals surface area contributed by atoms with Gasteiger partial charge >= 0.3 is 0 Å². The molecule has 3 rings (SSSR count). The van der Waals surface area contributed by atoms with Crippen molar-refractivity contribution in [2.75, 3.05) is 19.5 Å². The van der Waals surface area contributed by atoms with Crippen molar-refractivity contribution >= 4 is 11.6 Å². The third kappa shape index (κ3) is 3.55. The zero-order valence-corrected chi connectivity index (χ0v) is 14.5. The van der Waals surface area contributed by atoms with E-state index in [0.717, 1.165) is 5.56 Å². The number of hydrogen-bond donors (Lipinski definition) is 2. The van der Waals surface area contributed by atoms with E-state index in [-0.39, 0.29) is 12.5 Å². The van der Waals surface area contributed by atoms with Crippen LogP contribution in [-0.2, 0) is 6.61 Å². The molecule has 6 heteroatoms. The first-order valence-electron chi connectivity index (χ1n) is 7.98. The van der Waals surface area contributed by atoms with E-state index < -0.39 is 0 Å². The molecule has 0 radical (unpaired) electrons. The number of carbonyl (C=O) groups is 1. The molecule has 0 aliphatic carbocycles. The number of hydrogen-bond acceptors (Lipinski definition) is 5. The van der Waals surface area contributed by atoms with E-state index in [0.29, 0.717) is 34.3 Å². The molecule has 0 saturated carbocycles. The van der Waals surface area contributed by atoms with Crippen LogP contribution < -0.4 is 14.8 Å². The van der Waals surface area contributed by atoms with Crippen molar-refractivity contribution in [2.24, 2.45) is 0 Å². The summed E-state index contributed by atoms with van der Waals surface area (Å²) in [6, 6.07) is 15.7. The molecule has 0 bridgehead atoms. The second-order valence-electron chi connectivity index (χ2n) is 5.49. The van der Waals surface area contributed by atoms with Crippen molar-refractivity contribution < 1.29 is 23.8 Å². The summed E-state index contributed by atoms with van der Waals surface area (Å²) in [7, 11) is 3.06. The number of carbonyl (C=O) groups excluding carboxylic acids is 1. The number of methoxy groups -OCH3 is 2. The Labute approximate surface area is 151 Å². The van der Waals surface area contributed by atoms with E-state index in [4.69, 9.17) is 19.0 Å². The summed E-state index contributed by atoms with van der Waals surface area (Å²) < 4.78 is 16.2. The van der Waals surface area contributed by atoms with Crippen LogP contribution in [0.5, 0.6) is 11.5 Å². The largest absolute Gasteiger partial charge is 0.496 e. The molecule has 2 N–H and O–H groups in total. The van der Waals surface area contributed by atoms with Crippen LogP contribution in [0.25, 0.3) is 11.3 Å². The minimum atomic E-state index is -0.280. The second kappa shape index (κ2) is 7.76. The number of nitrogens with one attached hydrogen (secondary N) is 1. The molecular weight excluding hydrogens is 334 g/mol. The van der Waals surface area contributed by atoms with Crippen LogP contribution in [-0.4, -0.2) is 25.2 Å². The first-order chi connectivity index (χ1) is 12.7. The predicted octanol–water partition coefficient (Wildman–Crippen LogP) is 3.71. The fourth-order valence-corrected chi connectivity index (χ4v) is 2.61. The number of amides is 1. The Morgan fingerprint density at radius 1 is 1.04 bits per heavy atom. The van der Waals surface area contributed by atoms with Crippen molar-refractivity contribution in [3.63, 3.8) is 0 Å². The fourth-order valence-electron chi connectivity index (χ4n) is 2.61. The molecule has 1 aromatic heterocycles. The molecular formula is C20H19NO5. The van der Waals surface area contributed by atoms with Crippen LogP contribution in [0.3, 0.4) is 0 Å². The molecule has 0 unspecified atom stereocenters. The summed E-state index contributed by atoms with van der Waals surface area (Å²) >= 11 is 0. The Kier molecular flexibility index (Phi) is 5.24. The Hall–Kier alpha value is -3.25. The molecule has 3 aromatic rings. The zero-order chi connectivity index (χ0) is 18.5. The van der Waals surface area contributed by atoms with Crippen LogP contribution in [0.15, 0.2) is 59.0 Å². The fraction of sp³-hybridized carbons (Fsp3) is 0.150. The van der Waals surface area contributed by atoms with E-state index in [1.165, 1.54) is 7.11 Å². The molecule has 1 amide bonds. The minimum absolute atomic E-state index is 0.171. The quantitative estimate of drug-likeness (QED) is 0.706. The van der Waals surface area contributed by atoms with Gasteiger partial charge in [-0.2, -0.15) is 0 Å². The Balaban J connectivity index is 1.86. The highest BCUT2D eigenvalue weighted by Crippen LogP contribution is 2.34. The molecule has 0 atom stereocenters. The van der Waals surface area contributed by atoms with Gasteiger partial charge in [-0.1, -0.05) is 12.1 Å². The molecule has 2 aromatic carbocycles. The number of rotatable bonds is 6. The average molecular weight is 353 g/mol. The lowest BCUT2D eigenvalue weighted by Gasteiger charge is -2.12. The van der Waals surface area contributed by atoms with Crippen molar-refractivity contribution in [1.29, 1.82) is 0 Å². The van der Waals surface area contributed by atoms with Gasteiger partial charge in [-0.15, -0.1) is 0 Å². The molecule has 0 fully saturated rings. The summed E-state index contributed by atoms with van der Waals surface area (Å²) in [4.78, 5) is 12.5. The zero-order valence-electron chi connectivity index (χ0n) is 14.5. The number of aliphatic hydroxyl groups excluding tert-OH is 1. The van der Waals surface area contributed by atoms with Gasteiger partial charge in [0.1, 0.15) is 29.6 Å². The van der Waals surface area contributed by atoms with Gasteiger partial charge in [-0.25, -0.2) is 0 Å². The molecule has 0 aliphatic rings. The number of furan rings is 1. The molecule has 26 heavy (non-hydrogen) atoms. The van der Waals surface area contributed by atoms with E-state index in [1.807, 2.05) is 0 Å². The molecule has 0 spiro atoms.